The highest BCUT2D eigenvalue weighted by Crippen LogP contribution is 2.32. The third-order valence-corrected chi connectivity index (χ3v) is 7.16. The molecule has 0 aliphatic carbocycles. The van der Waals surface area contributed by atoms with E-state index in [4.69, 9.17) is 14.2 Å². The number of allylic oxidation sites excluding steroid dienone is 1. The SMILES string of the molecule is COC(=O)C(C(=O)OC)[C@@H](/C=C(/NS(=O)(=O)c1ccc(C)cc1)c1ccc(OC)cc1)c1ccccc1. The summed E-state index contributed by atoms with van der Waals surface area (Å²) in [6, 6.07) is 21.9. The summed E-state index contributed by atoms with van der Waals surface area (Å²) in [6.07, 6.45) is 1.53. The molecule has 0 saturated carbocycles. The van der Waals surface area contributed by atoms with Crippen LogP contribution in [0.1, 0.15) is 22.6 Å². The molecule has 0 aromatic heterocycles. The number of carbonyl (C=O) groups is 2. The monoisotopic (exact) mass is 523 g/mol. The van der Waals surface area contributed by atoms with Crippen LogP contribution in [0.3, 0.4) is 0 Å². The van der Waals surface area contributed by atoms with Gasteiger partial charge < -0.3 is 14.2 Å². The van der Waals surface area contributed by atoms with Gasteiger partial charge in [-0.3, -0.25) is 14.3 Å². The Kier molecular flexibility index (Phi) is 9.08. The van der Waals surface area contributed by atoms with Gasteiger partial charge in [0.2, 0.25) is 0 Å². The molecule has 9 heteroatoms. The minimum atomic E-state index is -4.03. The number of nitrogens with one attached hydrogen (secondary N) is 1. The van der Waals surface area contributed by atoms with Gasteiger partial charge in [-0.1, -0.05) is 54.1 Å². The predicted molar refractivity (Wildman–Crippen MR) is 139 cm³/mol. The van der Waals surface area contributed by atoms with Crippen LogP contribution in [0.5, 0.6) is 5.75 Å². The molecular weight excluding hydrogens is 494 g/mol. The Balaban J connectivity index is 2.22. The Morgan fingerprint density at radius 2 is 1.38 bits per heavy atom. The molecule has 0 heterocycles. The van der Waals surface area contributed by atoms with Crippen molar-refractivity contribution in [3.8, 4) is 5.75 Å². The van der Waals surface area contributed by atoms with E-state index >= 15 is 0 Å². The van der Waals surface area contributed by atoms with Gasteiger partial charge in [-0.15, -0.1) is 0 Å². The first-order chi connectivity index (χ1) is 17.7. The fourth-order valence-corrected chi connectivity index (χ4v) is 4.85. The zero-order chi connectivity index (χ0) is 27.0. The Morgan fingerprint density at radius 3 is 1.89 bits per heavy atom. The van der Waals surface area contributed by atoms with Crippen molar-refractivity contribution >= 4 is 27.7 Å². The van der Waals surface area contributed by atoms with Gasteiger partial charge >= 0.3 is 11.9 Å². The van der Waals surface area contributed by atoms with Crippen molar-refractivity contribution in [1.29, 1.82) is 0 Å². The minimum absolute atomic E-state index is 0.0614. The first-order valence-electron chi connectivity index (χ1n) is 11.4. The van der Waals surface area contributed by atoms with E-state index in [-0.39, 0.29) is 10.6 Å². The summed E-state index contributed by atoms with van der Waals surface area (Å²) in [5.41, 5.74) is 2.15. The lowest BCUT2D eigenvalue weighted by Crippen LogP contribution is -2.32. The standard InChI is InChI=1S/C28H29NO7S/c1-19-10-16-23(17-11-19)37(32,33)29-25(21-12-14-22(34-2)15-13-21)18-24(20-8-6-5-7-9-20)26(27(30)35-3)28(31)36-4/h5-18,24,26,29H,1-4H3/b25-18+/t24-/m0/s1. The molecule has 194 valence electrons. The molecule has 0 saturated heterocycles. The van der Waals surface area contributed by atoms with Crippen LogP contribution < -0.4 is 9.46 Å². The largest absolute Gasteiger partial charge is 0.497 e. The number of aryl methyl sites for hydroxylation is 1. The van der Waals surface area contributed by atoms with E-state index in [1.807, 2.05) is 6.92 Å². The summed E-state index contributed by atoms with van der Waals surface area (Å²) >= 11 is 0. The van der Waals surface area contributed by atoms with Gasteiger partial charge in [0.25, 0.3) is 10.0 Å². The molecular formula is C28H29NO7S. The van der Waals surface area contributed by atoms with E-state index in [0.717, 1.165) is 5.56 Å². The molecule has 0 aliphatic rings. The first-order valence-corrected chi connectivity index (χ1v) is 12.8. The molecule has 0 bridgehead atoms. The van der Waals surface area contributed by atoms with Gasteiger partial charge in [-0.2, -0.15) is 0 Å². The van der Waals surface area contributed by atoms with E-state index in [9.17, 15) is 18.0 Å². The highest BCUT2D eigenvalue weighted by Gasteiger charge is 2.37. The molecule has 0 aliphatic heterocycles. The number of sulfonamides is 1. The molecule has 0 radical (unpaired) electrons. The highest BCUT2D eigenvalue weighted by molar-refractivity contribution is 7.89. The summed E-state index contributed by atoms with van der Waals surface area (Å²) in [7, 11) is -0.154. The normalized spacial score (nSPS) is 12.5. The van der Waals surface area contributed by atoms with Crippen molar-refractivity contribution in [3.05, 3.63) is 102 Å². The summed E-state index contributed by atoms with van der Waals surface area (Å²) in [5.74, 6) is -3.35. The number of benzene rings is 3. The van der Waals surface area contributed by atoms with Gasteiger partial charge in [-0.05, 0) is 54.4 Å². The highest BCUT2D eigenvalue weighted by atomic mass is 32.2. The van der Waals surface area contributed by atoms with Gasteiger partial charge in [0.05, 0.1) is 31.9 Å². The first kappa shape index (κ1) is 27.5. The number of hydrogen-bond acceptors (Lipinski definition) is 7. The van der Waals surface area contributed by atoms with Crippen LogP contribution in [0.25, 0.3) is 5.70 Å². The van der Waals surface area contributed by atoms with Gasteiger partial charge in [0.1, 0.15) is 5.75 Å². The van der Waals surface area contributed by atoms with Crippen molar-refractivity contribution < 1.29 is 32.2 Å². The Hall–Kier alpha value is -4.11. The maximum absolute atomic E-state index is 13.4. The third-order valence-electron chi connectivity index (χ3n) is 5.78. The third kappa shape index (κ3) is 6.77. The molecule has 0 unspecified atom stereocenters. The lowest BCUT2D eigenvalue weighted by molar-refractivity contribution is -0.159. The molecule has 1 atom stereocenters. The van der Waals surface area contributed by atoms with Crippen LogP contribution in [-0.2, 0) is 29.1 Å². The smallest absolute Gasteiger partial charge is 0.321 e. The van der Waals surface area contributed by atoms with Crippen LogP contribution >= 0.6 is 0 Å². The fraction of sp³-hybridized carbons (Fsp3) is 0.214. The lowest BCUT2D eigenvalue weighted by atomic mass is 9.84. The Morgan fingerprint density at radius 1 is 0.811 bits per heavy atom. The number of methoxy groups -OCH3 is 3. The molecule has 3 aromatic rings. The van der Waals surface area contributed by atoms with Crippen molar-refractivity contribution in [3.63, 3.8) is 0 Å². The van der Waals surface area contributed by atoms with Crippen LogP contribution in [0.4, 0.5) is 0 Å². The van der Waals surface area contributed by atoms with Gasteiger partial charge in [0, 0.05) is 5.92 Å². The number of carbonyl (C=O) groups excluding carboxylic acids is 2. The van der Waals surface area contributed by atoms with Crippen LogP contribution in [0, 0.1) is 12.8 Å². The topological polar surface area (TPSA) is 108 Å². The average Bonchev–Trinajstić information content (AvgIpc) is 2.92. The van der Waals surface area contributed by atoms with Crippen LogP contribution in [0.2, 0.25) is 0 Å². The predicted octanol–water partition coefficient (Wildman–Crippen LogP) is 4.07. The van der Waals surface area contributed by atoms with E-state index < -0.39 is 33.8 Å². The quantitative estimate of drug-likeness (QED) is 0.315. The summed E-state index contributed by atoms with van der Waals surface area (Å²) in [5, 5.41) is 0. The van der Waals surface area contributed by atoms with Gasteiger partial charge in [0.15, 0.2) is 5.92 Å². The molecule has 3 rings (SSSR count). The second kappa shape index (κ2) is 12.2. The molecule has 0 spiro atoms. The number of rotatable bonds is 10. The molecule has 0 fully saturated rings. The second-order valence-electron chi connectivity index (χ2n) is 8.19. The second-order valence-corrected chi connectivity index (χ2v) is 9.87. The molecule has 37 heavy (non-hydrogen) atoms. The van der Waals surface area contributed by atoms with Gasteiger partial charge in [-0.25, -0.2) is 8.42 Å². The Bertz CT molecular complexity index is 1330. The van der Waals surface area contributed by atoms with Crippen molar-refractivity contribution in [1.82, 2.24) is 4.72 Å². The number of ether oxygens (including phenoxy) is 3. The summed E-state index contributed by atoms with van der Waals surface area (Å²) in [6.45, 7) is 1.86. The Labute approximate surface area is 216 Å². The fourth-order valence-electron chi connectivity index (χ4n) is 3.76. The van der Waals surface area contributed by atoms with Crippen LogP contribution in [-0.4, -0.2) is 41.7 Å². The van der Waals surface area contributed by atoms with E-state index in [2.05, 4.69) is 4.72 Å². The summed E-state index contributed by atoms with van der Waals surface area (Å²) < 4.78 is 44.4. The van der Waals surface area contributed by atoms with Crippen molar-refractivity contribution in [2.24, 2.45) is 5.92 Å². The maximum atomic E-state index is 13.4. The van der Waals surface area contributed by atoms with E-state index in [0.29, 0.717) is 16.9 Å². The minimum Gasteiger partial charge on any atom is -0.497 e. The maximum Gasteiger partial charge on any atom is 0.321 e. The average molecular weight is 524 g/mol. The van der Waals surface area contributed by atoms with E-state index in [1.165, 1.54) is 39.5 Å². The number of hydrogen-bond donors (Lipinski definition) is 1. The van der Waals surface area contributed by atoms with E-state index in [1.54, 1.807) is 66.7 Å². The zero-order valence-corrected chi connectivity index (χ0v) is 21.8. The van der Waals surface area contributed by atoms with Crippen molar-refractivity contribution in [2.75, 3.05) is 21.3 Å². The van der Waals surface area contributed by atoms with Crippen LogP contribution in [0.15, 0.2) is 89.8 Å². The molecule has 3 aromatic carbocycles. The molecule has 8 nitrogen and oxygen atoms in total. The number of esters is 2. The van der Waals surface area contributed by atoms with Crippen molar-refractivity contribution in [2.45, 2.75) is 17.7 Å². The zero-order valence-electron chi connectivity index (χ0n) is 21.0. The summed E-state index contributed by atoms with van der Waals surface area (Å²) in [4.78, 5) is 25.6. The molecule has 0 amide bonds. The lowest BCUT2D eigenvalue weighted by Gasteiger charge is -2.23. The molecule has 1 N–H and O–H groups in total.